The third kappa shape index (κ3) is 2.30. The molecule has 0 saturated carbocycles. The Kier molecular flexibility index (Phi) is 2.94. The quantitative estimate of drug-likeness (QED) is 0.776. The molecule has 0 radical (unpaired) electrons. The first-order valence-electron chi connectivity index (χ1n) is 5.96. The molecule has 3 rings (SSSR count). The zero-order chi connectivity index (χ0) is 13.1. The van der Waals surface area contributed by atoms with Gasteiger partial charge in [0.1, 0.15) is 0 Å². The van der Waals surface area contributed by atoms with Crippen LogP contribution in [0.4, 0.5) is 5.95 Å². The first-order valence-corrected chi connectivity index (χ1v) is 5.96. The van der Waals surface area contributed by atoms with Crippen molar-refractivity contribution in [3.63, 3.8) is 0 Å². The smallest absolute Gasteiger partial charge is 0.222 e. The van der Waals surface area contributed by atoms with E-state index in [0.29, 0.717) is 5.95 Å². The highest BCUT2D eigenvalue weighted by molar-refractivity contribution is 5.61. The van der Waals surface area contributed by atoms with Crippen LogP contribution in [0.1, 0.15) is 0 Å². The van der Waals surface area contributed by atoms with Crippen LogP contribution < -0.4 is 5.32 Å². The fourth-order valence-corrected chi connectivity index (χ4v) is 1.86. The van der Waals surface area contributed by atoms with E-state index in [-0.39, 0.29) is 0 Å². The molecule has 3 aromatic rings. The largest absolute Gasteiger partial charge is 0.357 e. The highest BCUT2D eigenvalue weighted by Crippen LogP contribution is 2.19. The summed E-state index contributed by atoms with van der Waals surface area (Å²) in [7, 11) is 1.81. The molecule has 2 heterocycles. The van der Waals surface area contributed by atoms with Crippen molar-refractivity contribution in [1.82, 2.24) is 19.5 Å². The fraction of sp³-hybridized carbons (Fsp3) is 0.0714. The molecule has 0 amide bonds. The van der Waals surface area contributed by atoms with E-state index in [1.54, 1.807) is 25.8 Å². The molecule has 0 saturated heterocycles. The summed E-state index contributed by atoms with van der Waals surface area (Å²) in [5, 5.41) is 2.94. The van der Waals surface area contributed by atoms with Crippen molar-refractivity contribution >= 4 is 5.95 Å². The number of hydrogen-bond acceptors (Lipinski definition) is 4. The molecular formula is C14H13N5. The Morgan fingerprint density at radius 3 is 2.58 bits per heavy atom. The van der Waals surface area contributed by atoms with Crippen LogP contribution in [-0.4, -0.2) is 26.6 Å². The van der Waals surface area contributed by atoms with Crippen molar-refractivity contribution in [2.75, 3.05) is 12.4 Å². The van der Waals surface area contributed by atoms with Gasteiger partial charge in [0.05, 0.1) is 12.0 Å². The molecule has 0 fully saturated rings. The predicted molar refractivity (Wildman–Crippen MR) is 74.1 cm³/mol. The van der Waals surface area contributed by atoms with Gasteiger partial charge in [-0.15, -0.1) is 0 Å². The second-order valence-corrected chi connectivity index (χ2v) is 4.03. The zero-order valence-electron chi connectivity index (χ0n) is 10.5. The van der Waals surface area contributed by atoms with Gasteiger partial charge < -0.3 is 9.88 Å². The standard InChI is InChI=1S/C14H13N5/c1-15-14-17-7-6-13(18-14)11-2-4-12(5-3-11)19-9-8-16-10-19/h2-10H,1H3,(H,15,17,18). The summed E-state index contributed by atoms with van der Waals surface area (Å²) in [6.07, 6.45) is 7.20. The number of benzene rings is 1. The van der Waals surface area contributed by atoms with Gasteiger partial charge in [0.15, 0.2) is 0 Å². The van der Waals surface area contributed by atoms with Crippen LogP contribution in [0.5, 0.6) is 0 Å². The minimum atomic E-state index is 0.621. The van der Waals surface area contributed by atoms with Gasteiger partial charge >= 0.3 is 0 Å². The Labute approximate surface area is 111 Å². The van der Waals surface area contributed by atoms with Gasteiger partial charge in [0.2, 0.25) is 5.95 Å². The molecule has 0 aliphatic carbocycles. The van der Waals surface area contributed by atoms with Crippen molar-refractivity contribution in [2.45, 2.75) is 0 Å². The monoisotopic (exact) mass is 251 g/mol. The normalized spacial score (nSPS) is 10.4. The Bertz CT molecular complexity index is 659. The van der Waals surface area contributed by atoms with Crippen LogP contribution in [0.2, 0.25) is 0 Å². The molecule has 0 atom stereocenters. The summed E-state index contributed by atoms with van der Waals surface area (Å²) < 4.78 is 1.96. The average molecular weight is 251 g/mol. The van der Waals surface area contributed by atoms with E-state index < -0.39 is 0 Å². The number of anilines is 1. The average Bonchev–Trinajstić information content (AvgIpc) is 3.02. The molecule has 1 N–H and O–H groups in total. The van der Waals surface area contributed by atoms with Crippen molar-refractivity contribution in [1.29, 1.82) is 0 Å². The maximum absolute atomic E-state index is 4.41. The van der Waals surface area contributed by atoms with Crippen molar-refractivity contribution in [2.24, 2.45) is 0 Å². The lowest BCUT2D eigenvalue weighted by molar-refractivity contribution is 1.06. The predicted octanol–water partition coefficient (Wildman–Crippen LogP) is 2.37. The summed E-state index contributed by atoms with van der Waals surface area (Å²) in [6, 6.07) is 10.1. The number of hydrogen-bond donors (Lipinski definition) is 1. The van der Waals surface area contributed by atoms with Gasteiger partial charge in [0.25, 0.3) is 0 Å². The first-order chi connectivity index (χ1) is 9.36. The van der Waals surface area contributed by atoms with E-state index in [1.807, 2.05) is 41.1 Å². The van der Waals surface area contributed by atoms with Crippen LogP contribution in [-0.2, 0) is 0 Å². The Morgan fingerprint density at radius 2 is 1.89 bits per heavy atom. The minimum absolute atomic E-state index is 0.621. The Hall–Kier alpha value is -2.69. The molecular weight excluding hydrogens is 238 g/mol. The summed E-state index contributed by atoms with van der Waals surface area (Å²) in [5.41, 5.74) is 3.03. The van der Waals surface area contributed by atoms with Crippen LogP contribution in [0.25, 0.3) is 16.9 Å². The molecule has 0 aliphatic heterocycles. The summed E-state index contributed by atoms with van der Waals surface area (Å²) >= 11 is 0. The molecule has 0 spiro atoms. The molecule has 19 heavy (non-hydrogen) atoms. The highest BCUT2D eigenvalue weighted by Gasteiger charge is 2.02. The number of aromatic nitrogens is 4. The first kappa shape index (κ1) is 11.4. The van der Waals surface area contributed by atoms with Gasteiger partial charge in [-0.1, -0.05) is 12.1 Å². The molecule has 5 nitrogen and oxygen atoms in total. The summed E-state index contributed by atoms with van der Waals surface area (Å²) in [5.74, 6) is 0.621. The SMILES string of the molecule is CNc1nccc(-c2ccc(-n3ccnc3)cc2)n1. The Balaban J connectivity index is 1.94. The van der Waals surface area contributed by atoms with Crippen LogP contribution in [0.3, 0.4) is 0 Å². The topological polar surface area (TPSA) is 55.6 Å². The van der Waals surface area contributed by atoms with Crippen molar-refractivity contribution < 1.29 is 0 Å². The number of nitrogens with zero attached hydrogens (tertiary/aromatic N) is 4. The van der Waals surface area contributed by atoms with Gasteiger partial charge in [-0.05, 0) is 18.2 Å². The Morgan fingerprint density at radius 1 is 1.05 bits per heavy atom. The minimum Gasteiger partial charge on any atom is -0.357 e. The maximum atomic E-state index is 4.41. The molecule has 0 bridgehead atoms. The maximum Gasteiger partial charge on any atom is 0.222 e. The van der Waals surface area contributed by atoms with Gasteiger partial charge in [-0.25, -0.2) is 15.0 Å². The number of rotatable bonds is 3. The number of nitrogens with one attached hydrogen (secondary N) is 1. The lowest BCUT2D eigenvalue weighted by Gasteiger charge is -2.05. The van der Waals surface area contributed by atoms with E-state index in [2.05, 4.69) is 20.3 Å². The zero-order valence-corrected chi connectivity index (χ0v) is 10.5. The highest BCUT2D eigenvalue weighted by atomic mass is 15.1. The van der Waals surface area contributed by atoms with E-state index in [4.69, 9.17) is 0 Å². The van der Waals surface area contributed by atoms with Crippen LogP contribution in [0, 0.1) is 0 Å². The van der Waals surface area contributed by atoms with Crippen molar-refractivity contribution in [3.8, 4) is 16.9 Å². The lowest BCUT2D eigenvalue weighted by atomic mass is 10.1. The molecule has 0 unspecified atom stereocenters. The van der Waals surface area contributed by atoms with Crippen molar-refractivity contribution in [3.05, 3.63) is 55.2 Å². The molecule has 1 aromatic carbocycles. The van der Waals surface area contributed by atoms with Crippen LogP contribution in [0.15, 0.2) is 55.2 Å². The summed E-state index contributed by atoms with van der Waals surface area (Å²) in [6.45, 7) is 0. The lowest BCUT2D eigenvalue weighted by Crippen LogP contribution is -1.96. The second kappa shape index (κ2) is 4.89. The summed E-state index contributed by atoms with van der Waals surface area (Å²) in [4.78, 5) is 12.6. The van der Waals surface area contributed by atoms with Crippen LogP contribution >= 0.6 is 0 Å². The van der Waals surface area contributed by atoms with E-state index in [0.717, 1.165) is 16.9 Å². The molecule has 94 valence electrons. The number of imidazole rings is 1. The molecule has 2 aromatic heterocycles. The second-order valence-electron chi connectivity index (χ2n) is 4.03. The van der Waals surface area contributed by atoms with Gasteiger partial charge in [-0.2, -0.15) is 0 Å². The molecule has 0 aliphatic rings. The van der Waals surface area contributed by atoms with E-state index in [1.165, 1.54) is 0 Å². The van der Waals surface area contributed by atoms with Gasteiger partial charge in [-0.3, -0.25) is 0 Å². The third-order valence-electron chi connectivity index (χ3n) is 2.84. The fourth-order valence-electron chi connectivity index (χ4n) is 1.86. The van der Waals surface area contributed by atoms with E-state index in [9.17, 15) is 0 Å². The van der Waals surface area contributed by atoms with E-state index >= 15 is 0 Å². The van der Waals surface area contributed by atoms with Gasteiger partial charge in [0, 0.05) is 36.9 Å². The third-order valence-corrected chi connectivity index (χ3v) is 2.84. The molecule has 5 heteroatoms.